The molecule has 0 aromatic carbocycles. The van der Waals surface area contributed by atoms with Crippen molar-refractivity contribution in [2.24, 2.45) is 4.99 Å². The third-order valence-corrected chi connectivity index (χ3v) is 2.86. The molecule has 0 heterocycles. The normalized spacial score (nSPS) is 24.3. The Balaban J connectivity index is 2.57. The van der Waals surface area contributed by atoms with Crippen molar-refractivity contribution in [3.05, 3.63) is 0 Å². The van der Waals surface area contributed by atoms with E-state index in [1.807, 2.05) is 34.6 Å². The van der Waals surface area contributed by atoms with Gasteiger partial charge in [0, 0.05) is 5.71 Å². The first kappa shape index (κ1) is 15.0. The molecule has 0 saturated heterocycles. The van der Waals surface area contributed by atoms with Gasteiger partial charge in [-0.15, -0.1) is 0 Å². The number of carbonyl (C=O) groups excluding carboxylic acids is 1. The van der Waals surface area contributed by atoms with Gasteiger partial charge in [-0.3, -0.25) is 4.99 Å². The van der Waals surface area contributed by atoms with Gasteiger partial charge in [-0.2, -0.15) is 0 Å². The van der Waals surface area contributed by atoms with Crippen LogP contribution in [-0.2, 0) is 4.74 Å². The van der Waals surface area contributed by atoms with Crippen LogP contribution in [-0.4, -0.2) is 29.5 Å². The molecule has 1 amide bonds. The fourth-order valence-electron chi connectivity index (χ4n) is 2.22. The first-order valence-electron chi connectivity index (χ1n) is 6.78. The van der Waals surface area contributed by atoms with Crippen molar-refractivity contribution in [2.75, 3.05) is 0 Å². The monoisotopic (exact) mass is 254 g/mol. The minimum absolute atomic E-state index is 0.114. The van der Waals surface area contributed by atoms with Crippen molar-refractivity contribution in [1.82, 2.24) is 5.32 Å². The van der Waals surface area contributed by atoms with Crippen LogP contribution in [0.15, 0.2) is 4.99 Å². The molecule has 0 aromatic heterocycles. The molecule has 0 radical (unpaired) electrons. The molecule has 2 atom stereocenters. The molecule has 0 aliphatic heterocycles. The zero-order valence-corrected chi connectivity index (χ0v) is 12.2. The SMILES string of the molecule is CC(C)=NC1CCCCC1NC(=O)OC(C)(C)C. The van der Waals surface area contributed by atoms with Gasteiger partial charge in [-0.05, 0) is 47.5 Å². The summed E-state index contributed by atoms with van der Waals surface area (Å²) in [5.74, 6) is 0. The zero-order valence-electron chi connectivity index (χ0n) is 12.2. The summed E-state index contributed by atoms with van der Waals surface area (Å²) in [7, 11) is 0. The molecule has 1 saturated carbocycles. The number of rotatable bonds is 2. The van der Waals surface area contributed by atoms with Crippen LogP contribution in [0.5, 0.6) is 0 Å². The number of aliphatic imine (C=N–C) groups is 1. The lowest BCUT2D eigenvalue weighted by Gasteiger charge is -2.30. The van der Waals surface area contributed by atoms with Crippen molar-refractivity contribution < 1.29 is 9.53 Å². The van der Waals surface area contributed by atoms with Crippen molar-refractivity contribution in [1.29, 1.82) is 0 Å². The molecule has 2 unspecified atom stereocenters. The second kappa shape index (κ2) is 6.21. The number of hydrogen-bond acceptors (Lipinski definition) is 3. The van der Waals surface area contributed by atoms with Gasteiger partial charge in [0.05, 0.1) is 12.1 Å². The van der Waals surface area contributed by atoms with E-state index in [2.05, 4.69) is 10.3 Å². The number of carbonyl (C=O) groups is 1. The highest BCUT2D eigenvalue weighted by molar-refractivity contribution is 5.79. The molecule has 0 spiro atoms. The second-order valence-electron chi connectivity index (χ2n) is 6.18. The summed E-state index contributed by atoms with van der Waals surface area (Å²) in [4.78, 5) is 16.4. The van der Waals surface area contributed by atoms with Crippen molar-refractivity contribution in [3.8, 4) is 0 Å². The van der Waals surface area contributed by atoms with Crippen LogP contribution in [0, 0.1) is 0 Å². The summed E-state index contributed by atoms with van der Waals surface area (Å²) in [5, 5.41) is 2.96. The standard InChI is InChI=1S/C14H26N2O2/c1-10(2)15-11-8-6-7-9-12(11)16-13(17)18-14(3,4)5/h11-12H,6-9H2,1-5H3,(H,16,17). The quantitative estimate of drug-likeness (QED) is 0.769. The third kappa shape index (κ3) is 5.52. The highest BCUT2D eigenvalue weighted by atomic mass is 16.6. The topological polar surface area (TPSA) is 50.7 Å². The molecule has 1 N–H and O–H groups in total. The number of nitrogens with one attached hydrogen (secondary N) is 1. The fraction of sp³-hybridized carbons (Fsp3) is 0.857. The van der Waals surface area contributed by atoms with Gasteiger partial charge in [-0.25, -0.2) is 4.79 Å². The van der Waals surface area contributed by atoms with Crippen LogP contribution in [0.4, 0.5) is 4.79 Å². The first-order valence-corrected chi connectivity index (χ1v) is 6.78. The Labute approximate surface area is 110 Å². The minimum Gasteiger partial charge on any atom is -0.444 e. The maximum absolute atomic E-state index is 11.8. The lowest BCUT2D eigenvalue weighted by Crippen LogP contribution is -2.46. The molecule has 4 nitrogen and oxygen atoms in total. The summed E-state index contributed by atoms with van der Waals surface area (Å²) in [6, 6.07) is 0.319. The number of amides is 1. The summed E-state index contributed by atoms with van der Waals surface area (Å²) >= 11 is 0. The van der Waals surface area contributed by atoms with Gasteiger partial charge >= 0.3 is 6.09 Å². The minimum atomic E-state index is -0.446. The molecule has 0 aromatic rings. The number of nitrogens with zero attached hydrogens (tertiary/aromatic N) is 1. The smallest absolute Gasteiger partial charge is 0.407 e. The molecule has 1 rings (SSSR count). The molecule has 0 bridgehead atoms. The third-order valence-electron chi connectivity index (χ3n) is 2.86. The molecular formula is C14H26N2O2. The maximum atomic E-state index is 11.8. The summed E-state index contributed by atoms with van der Waals surface area (Å²) in [6.07, 6.45) is 4.04. The van der Waals surface area contributed by atoms with Gasteiger partial charge in [-0.1, -0.05) is 12.8 Å². The first-order chi connectivity index (χ1) is 8.28. The maximum Gasteiger partial charge on any atom is 0.407 e. The van der Waals surface area contributed by atoms with E-state index in [1.165, 1.54) is 6.42 Å². The Bertz CT molecular complexity index is 314. The second-order valence-corrected chi connectivity index (χ2v) is 6.18. The predicted molar refractivity (Wildman–Crippen MR) is 74.2 cm³/mol. The van der Waals surface area contributed by atoms with Crippen molar-refractivity contribution >= 4 is 11.8 Å². The van der Waals surface area contributed by atoms with Gasteiger partial charge in [0.15, 0.2) is 0 Å². The van der Waals surface area contributed by atoms with E-state index in [1.54, 1.807) is 0 Å². The fourth-order valence-corrected chi connectivity index (χ4v) is 2.22. The molecule has 4 heteroatoms. The molecule has 1 aliphatic carbocycles. The van der Waals surface area contributed by atoms with Gasteiger partial charge in [0.2, 0.25) is 0 Å². The van der Waals surface area contributed by atoms with Crippen LogP contribution in [0.25, 0.3) is 0 Å². The van der Waals surface area contributed by atoms with E-state index in [9.17, 15) is 4.79 Å². The number of alkyl carbamates (subject to hydrolysis) is 1. The van der Waals surface area contributed by atoms with Crippen LogP contribution in [0.3, 0.4) is 0 Å². The highest BCUT2D eigenvalue weighted by Crippen LogP contribution is 2.22. The Morgan fingerprint density at radius 2 is 1.83 bits per heavy atom. The van der Waals surface area contributed by atoms with Crippen LogP contribution >= 0.6 is 0 Å². The molecular weight excluding hydrogens is 228 g/mol. The lowest BCUT2D eigenvalue weighted by molar-refractivity contribution is 0.0486. The van der Waals surface area contributed by atoms with E-state index in [-0.39, 0.29) is 18.2 Å². The Hall–Kier alpha value is -1.06. The van der Waals surface area contributed by atoms with E-state index in [4.69, 9.17) is 4.74 Å². The van der Waals surface area contributed by atoms with E-state index < -0.39 is 5.60 Å². The largest absolute Gasteiger partial charge is 0.444 e. The molecule has 18 heavy (non-hydrogen) atoms. The zero-order chi connectivity index (χ0) is 13.8. The van der Waals surface area contributed by atoms with Gasteiger partial charge in [0.25, 0.3) is 0 Å². The van der Waals surface area contributed by atoms with Gasteiger partial charge < -0.3 is 10.1 Å². The predicted octanol–water partition coefficient (Wildman–Crippen LogP) is 3.30. The number of ether oxygens (including phenoxy) is 1. The van der Waals surface area contributed by atoms with E-state index in [0.717, 1.165) is 25.0 Å². The van der Waals surface area contributed by atoms with E-state index in [0.29, 0.717) is 0 Å². The summed E-state index contributed by atoms with van der Waals surface area (Å²) in [5.41, 5.74) is 0.621. The lowest BCUT2D eigenvalue weighted by atomic mass is 9.90. The molecule has 104 valence electrons. The van der Waals surface area contributed by atoms with Crippen LogP contribution in [0.2, 0.25) is 0 Å². The Kier molecular flexibility index (Phi) is 5.17. The van der Waals surface area contributed by atoms with Crippen LogP contribution < -0.4 is 5.32 Å². The summed E-state index contributed by atoms with van der Waals surface area (Å²) < 4.78 is 5.30. The molecule has 1 fully saturated rings. The average molecular weight is 254 g/mol. The molecule has 1 aliphatic rings. The van der Waals surface area contributed by atoms with E-state index >= 15 is 0 Å². The Morgan fingerprint density at radius 3 is 2.39 bits per heavy atom. The van der Waals surface area contributed by atoms with Crippen molar-refractivity contribution in [2.45, 2.75) is 78.0 Å². The van der Waals surface area contributed by atoms with Crippen molar-refractivity contribution in [3.63, 3.8) is 0 Å². The highest BCUT2D eigenvalue weighted by Gasteiger charge is 2.27. The van der Waals surface area contributed by atoms with Gasteiger partial charge in [0.1, 0.15) is 5.60 Å². The van der Waals surface area contributed by atoms with Crippen LogP contribution in [0.1, 0.15) is 60.3 Å². The summed E-state index contributed by atoms with van der Waals surface area (Å²) in [6.45, 7) is 9.62. The number of hydrogen-bond donors (Lipinski definition) is 1. The Morgan fingerprint density at radius 1 is 1.22 bits per heavy atom. The average Bonchev–Trinajstić information content (AvgIpc) is 2.17.